The van der Waals surface area contributed by atoms with Crippen LogP contribution in [0.1, 0.15) is 6.42 Å². The van der Waals surface area contributed by atoms with Crippen LogP contribution in [0.5, 0.6) is 0 Å². The van der Waals surface area contributed by atoms with E-state index in [2.05, 4.69) is 29.3 Å². The van der Waals surface area contributed by atoms with Crippen molar-refractivity contribution in [2.24, 2.45) is 4.99 Å². The van der Waals surface area contributed by atoms with Crippen molar-refractivity contribution in [1.82, 2.24) is 10.2 Å². The third-order valence-electron chi connectivity index (χ3n) is 1.43. The van der Waals surface area contributed by atoms with Crippen molar-refractivity contribution in [1.29, 1.82) is 0 Å². The van der Waals surface area contributed by atoms with E-state index >= 15 is 0 Å². The van der Waals surface area contributed by atoms with Gasteiger partial charge in [-0.2, -0.15) is 0 Å². The largest absolute Gasteiger partial charge is 0.373 e. The highest BCUT2D eigenvalue weighted by atomic mass is 15.1. The second-order valence-electron chi connectivity index (χ2n) is 2.85. The van der Waals surface area contributed by atoms with Crippen molar-refractivity contribution in [3.8, 4) is 0 Å². The molecule has 1 aliphatic rings. The van der Waals surface area contributed by atoms with E-state index in [0.717, 1.165) is 25.5 Å². The number of nitrogens with one attached hydrogen (secondary N) is 1. The Morgan fingerprint density at radius 1 is 1.60 bits per heavy atom. The summed E-state index contributed by atoms with van der Waals surface area (Å²) < 4.78 is 0. The first-order valence-electron chi connectivity index (χ1n) is 3.71. The molecular weight excluding hydrogens is 126 g/mol. The monoisotopic (exact) mass is 141 g/mol. The predicted octanol–water partition coefficient (Wildman–Crippen LogP) is -0.0602. The Morgan fingerprint density at radius 3 is 2.90 bits per heavy atom. The SMILES string of the molecule is CN(C)CC1=NCCCN1. The molecule has 0 aromatic heterocycles. The van der Waals surface area contributed by atoms with Crippen LogP contribution in [0.25, 0.3) is 0 Å². The first-order valence-corrected chi connectivity index (χ1v) is 3.71. The van der Waals surface area contributed by atoms with Gasteiger partial charge < -0.3 is 10.2 Å². The molecule has 0 aromatic rings. The standard InChI is InChI=1S/C7H15N3/c1-10(2)6-7-8-4-3-5-9-7/h3-6H2,1-2H3,(H,8,9). The Kier molecular flexibility index (Phi) is 2.68. The van der Waals surface area contributed by atoms with Crippen LogP contribution < -0.4 is 5.32 Å². The Balaban J connectivity index is 2.31. The molecule has 0 unspecified atom stereocenters. The van der Waals surface area contributed by atoms with Gasteiger partial charge in [0, 0.05) is 13.1 Å². The molecule has 1 aliphatic heterocycles. The lowest BCUT2D eigenvalue weighted by atomic mass is 10.3. The van der Waals surface area contributed by atoms with Crippen molar-refractivity contribution in [3.63, 3.8) is 0 Å². The normalized spacial score (nSPS) is 18.5. The van der Waals surface area contributed by atoms with Crippen LogP contribution in [-0.2, 0) is 0 Å². The number of aliphatic imine (C=N–C) groups is 1. The van der Waals surface area contributed by atoms with E-state index in [1.807, 2.05) is 0 Å². The van der Waals surface area contributed by atoms with Gasteiger partial charge >= 0.3 is 0 Å². The third-order valence-corrected chi connectivity index (χ3v) is 1.43. The maximum atomic E-state index is 4.33. The third kappa shape index (κ3) is 2.35. The van der Waals surface area contributed by atoms with E-state index in [0.29, 0.717) is 0 Å². The van der Waals surface area contributed by atoms with Crippen LogP contribution in [0.15, 0.2) is 4.99 Å². The summed E-state index contributed by atoms with van der Waals surface area (Å²) in [6, 6.07) is 0. The van der Waals surface area contributed by atoms with Gasteiger partial charge in [-0.25, -0.2) is 0 Å². The molecule has 0 aliphatic carbocycles. The van der Waals surface area contributed by atoms with Crippen LogP contribution in [0, 0.1) is 0 Å². The van der Waals surface area contributed by atoms with Crippen LogP contribution in [0.3, 0.4) is 0 Å². The van der Waals surface area contributed by atoms with E-state index in [4.69, 9.17) is 0 Å². The van der Waals surface area contributed by atoms with Gasteiger partial charge in [-0.1, -0.05) is 0 Å². The fourth-order valence-electron chi connectivity index (χ4n) is 0.987. The predicted molar refractivity (Wildman–Crippen MR) is 43.5 cm³/mol. The zero-order chi connectivity index (χ0) is 7.40. The lowest BCUT2D eigenvalue weighted by Gasteiger charge is -2.17. The van der Waals surface area contributed by atoms with Gasteiger partial charge in [-0.05, 0) is 20.5 Å². The Labute approximate surface area is 62.1 Å². The van der Waals surface area contributed by atoms with E-state index < -0.39 is 0 Å². The van der Waals surface area contributed by atoms with Crippen molar-refractivity contribution in [2.45, 2.75) is 6.42 Å². The van der Waals surface area contributed by atoms with Gasteiger partial charge in [0.25, 0.3) is 0 Å². The molecule has 10 heavy (non-hydrogen) atoms. The Bertz CT molecular complexity index is 129. The molecule has 0 fully saturated rings. The topological polar surface area (TPSA) is 27.6 Å². The average molecular weight is 141 g/mol. The molecule has 1 rings (SSSR count). The zero-order valence-electron chi connectivity index (χ0n) is 6.72. The van der Waals surface area contributed by atoms with E-state index in [9.17, 15) is 0 Å². The van der Waals surface area contributed by atoms with Crippen LogP contribution >= 0.6 is 0 Å². The molecule has 3 nitrogen and oxygen atoms in total. The minimum atomic E-state index is 0.944. The summed E-state index contributed by atoms with van der Waals surface area (Å²) in [5, 5.41) is 3.26. The number of likely N-dealkylation sites (N-methyl/N-ethyl adjacent to an activating group) is 1. The van der Waals surface area contributed by atoms with Crippen LogP contribution in [-0.4, -0.2) is 44.5 Å². The van der Waals surface area contributed by atoms with Crippen molar-refractivity contribution in [3.05, 3.63) is 0 Å². The summed E-state index contributed by atoms with van der Waals surface area (Å²) in [4.78, 5) is 6.46. The minimum Gasteiger partial charge on any atom is -0.373 e. The summed E-state index contributed by atoms with van der Waals surface area (Å²) in [7, 11) is 4.11. The highest BCUT2D eigenvalue weighted by Crippen LogP contribution is 1.89. The van der Waals surface area contributed by atoms with Gasteiger partial charge in [0.1, 0.15) is 5.84 Å². The Hall–Kier alpha value is -0.570. The molecule has 58 valence electrons. The quantitative estimate of drug-likeness (QED) is 0.583. The van der Waals surface area contributed by atoms with E-state index in [-0.39, 0.29) is 0 Å². The van der Waals surface area contributed by atoms with Gasteiger partial charge in [0.2, 0.25) is 0 Å². The second-order valence-corrected chi connectivity index (χ2v) is 2.85. The number of nitrogens with zero attached hydrogens (tertiary/aromatic N) is 2. The van der Waals surface area contributed by atoms with E-state index in [1.165, 1.54) is 6.42 Å². The summed E-state index contributed by atoms with van der Waals surface area (Å²) in [6.45, 7) is 3.03. The lowest BCUT2D eigenvalue weighted by Crippen LogP contribution is -2.37. The van der Waals surface area contributed by atoms with Gasteiger partial charge in [0.15, 0.2) is 0 Å². The smallest absolute Gasteiger partial charge is 0.110 e. The lowest BCUT2D eigenvalue weighted by molar-refractivity contribution is 0.461. The van der Waals surface area contributed by atoms with Gasteiger partial charge in [-0.3, -0.25) is 4.99 Å². The highest BCUT2D eigenvalue weighted by molar-refractivity contribution is 5.84. The second kappa shape index (κ2) is 3.56. The van der Waals surface area contributed by atoms with E-state index in [1.54, 1.807) is 0 Å². The summed E-state index contributed by atoms with van der Waals surface area (Å²) in [6.07, 6.45) is 1.18. The van der Waals surface area contributed by atoms with Gasteiger partial charge in [0.05, 0.1) is 6.54 Å². The van der Waals surface area contributed by atoms with Crippen LogP contribution in [0.2, 0.25) is 0 Å². The zero-order valence-corrected chi connectivity index (χ0v) is 6.72. The molecule has 1 heterocycles. The molecule has 0 atom stereocenters. The molecule has 0 saturated carbocycles. The fourth-order valence-corrected chi connectivity index (χ4v) is 0.987. The molecule has 0 bridgehead atoms. The molecule has 3 heteroatoms. The molecule has 0 spiro atoms. The molecular formula is C7H15N3. The van der Waals surface area contributed by atoms with Crippen molar-refractivity contribution < 1.29 is 0 Å². The van der Waals surface area contributed by atoms with Crippen molar-refractivity contribution >= 4 is 5.84 Å². The minimum absolute atomic E-state index is 0.944. The maximum Gasteiger partial charge on any atom is 0.110 e. The van der Waals surface area contributed by atoms with Crippen molar-refractivity contribution in [2.75, 3.05) is 33.7 Å². The first kappa shape index (κ1) is 7.54. The summed E-state index contributed by atoms with van der Waals surface area (Å²) in [5.74, 6) is 1.14. The fraction of sp³-hybridized carbons (Fsp3) is 0.857. The number of amidine groups is 1. The molecule has 0 amide bonds. The average Bonchev–Trinajstić information content (AvgIpc) is 1.88. The first-order chi connectivity index (χ1) is 4.79. The molecule has 1 N–H and O–H groups in total. The molecule has 0 radical (unpaired) electrons. The molecule has 0 saturated heterocycles. The summed E-state index contributed by atoms with van der Waals surface area (Å²) in [5.41, 5.74) is 0. The maximum absolute atomic E-state index is 4.33. The summed E-state index contributed by atoms with van der Waals surface area (Å²) >= 11 is 0. The molecule has 0 aromatic carbocycles. The number of hydrogen-bond donors (Lipinski definition) is 1. The highest BCUT2D eigenvalue weighted by Gasteiger charge is 2.03. The number of rotatable bonds is 2. The van der Waals surface area contributed by atoms with Crippen LogP contribution in [0.4, 0.5) is 0 Å². The Morgan fingerprint density at radius 2 is 2.40 bits per heavy atom. The number of hydrogen-bond acceptors (Lipinski definition) is 3. The van der Waals surface area contributed by atoms with Gasteiger partial charge in [-0.15, -0.1) is 0 Å².